The molecule has 2 N–H and O–H groups in total. The maximum Gasteiger partial charge on any atom is 0.415 e. The third kappa shape index (κ3) is 7.37. The number of ketones is 1. The van der Waals surface area contributed by atoms with Gasteiger partial charge >= 0.3 is 6.09 Å². The fourth-order valence-electron chi connectivity index (χ4n) is 4.64. The molecular formula is C33H38F2N4O4. The fraction of sp³-hybridized carbons (Fsp3) is 0.364. The van der Waals surface area contributed by atoms with E-state index in [2.05, 4.69) is 24.1 Å². The summed E-state index contributed by atoms with van der Waals surface area (Å²) in [5, 5.41) is 13.9. The number of aromatic hydroxyl groups is 1. The molecule has 2 aromatic heterocycles. The number of fused-ring (bicyclic) bond motifs is 1. The number of pyridine rings is 1. The Labute approximate surface area is 250 Å². The molecule has 0 bridgehead atoms. The second-order valence-corrected chi connectivity index (χ2v) is 11.6. The number of alkyl halides is 2. The van der Waals surface area contributed by atoms with Crippen LogP contribution < -0.4 is 10.2 Å². The summed E-state index contributed by atoms with van der Waals surface area (Å²) < 4.78 is 34.8. The Morgan fingerprint density at radius 2 is 1.86 bits per heavy atom. The summed E-state index contributed by atoms with van der Waals surface area (Å²) >= 11 is 0. The van der Waals surface area contributed by atoms with Crippen molar-refractivity contribution in [3.8, 4) is 17.0 Å². The van der Waals surface area contributed by atoms with Crippen LogP contribution in [-0.2, 0) is 11.3 Å². The van der Waals surface area contributed by atoms with E-state index < -0.39 is 30.4 Å². The van der Waals surface area contributed by atoms with Crippen molar-refractivity contribution in [2.24, 2.45) is 0 Å². The molecule has 1 amide bonds. The van der Waals surface area contributed by atoms with E-state index in [1.165, 1.54) is 18.2 Å². The van der Waals surface area contributed by atoms with Crippen molar-refractivity contribution in [1.82, 2.24) is 14.7 Å². The van der Waals surface area contributed by atoms with Gasteiger partial charge in [0.15, 0.2) is 11.4 Å². The van der Waals surface area contributed by atoms with Crippen molar-refractivity contribution in [3.05, 3.63) is 83.2 Å². The maximum atomic E-state index is 13.8. The van der Waals surface area contributed by atoms with Gasteiger partial charge in [-0.05, 0) is 76.4 Å². The van der Waals surface area contributed by atoms with Gasteiger partial charge in [0.05, 0.1) is 29.7 Å². The van der Waals surface area contributed by atoms with Gasteiger partial charge < -0.3 is 15.2 Å². The van der Waals surface area contributed by atoms with Crippen LogP contribution in [0.1, 0.15) is 68.1 Å². The summed E-state index contributed by atoms with van der Waals surface area (Å²) in [4.78, 5) is 32.2. The molecule has 0 radical (unpaired) electrons. The lowest BCUT2D eigenvalue weighted by Gasteiger charge is -2.27. The number of halogens is 2. The molecule has 0 saturated carbocycles. The Morgan fingerprint density at radius 3 is 2.49 bits per heavy atom. The third-order valence-electron chi connectivity index (χ3n) is 7.11. The van der Waals surface area contributed by atoms with Crippen LogP contribution in [0.25, 0.3) is 16.9 Å². The zero-order valence-corrected chi connectivity index (χ0v) is 25.3. The highest BCUT2D eigenvalue weighted by atomic mass is 19.3. The number of amides is 1. The highest BCUT2D eigenvalue weighted by Gasteiger charge is 2.30. The lowest BCUT2D eigenvalue weighted by molar-refractivity contribution is 0.0543. The van der Waals surface area contributed by atoms with E-state index in [-0.39, 0.29) is 28.2 Å². The number of rotatable bonds is 10. The van der Waals surface area contributed by atoms with Crippen LogP contribution in [0.5, 0.6) is 5.75 Å². The molecule has 0 aliphatic heterocycles. The third-order valence-corrected chi connectivity index (χ3v) is 7.11. The highest BCUT2D eigenvalue weighted by molar-refractivity contribution is 6.12. The summed E-state index contributed by atoms with van der Waals surface area (Å²) in [6.45, 7) is 10.9. The second kappa shape index (κ2) is 12.9. The quantitative estimate of drug-likeness (QED) is 0.190. The molecule has 0 aliphatic rings. The molecule has 1 unspecified atom stereocenters. The number of nitrogens with one attached hydrogen (secondary N) is 1. The number of phenols is 1. The van der Waals surface area contributed by atoms with Gasteiger partial charge in [-0.2, -0.15) is 0 Å². The Balaban J connectivity index is 1.90. The van der Waals surface area contributed by atoms with Gasteiger partial charge in [0.1, 0.15) is 11.4 Å². The van der Waals surface area contributed by atoms with Crippen molar-refractivity contribution < 1.29 is 28.2 Å². The highest BCUT2D eigenvalue weighted by Crippen LogP contribution is 2.32. The Hall–Kier alpha value is -4.31. The molecule has 0 saturated heterocycles. The number of aryl methyl sites for hydroxylation is 1. The first kappa shape index (κ1) is 31.6. The van der Waals surface area contributed by atoms with Crippen LogP contribution in [0.2, 0.25) is 0 Å². The van der Waals surface area contributed by atoms with Gasteiger partial charge in [0, 0.05) is 29.9 Å². The van der Waals surface area contributed by atoms with Crippen molar-refractivity contribution >= 4 is 23.2 Å². The SMILES string of the molecule is CCC(C)NCc1ccc(-c2cnc3c(N(CC(F)F)C(=O)OC(C)(C)C)cc(C(=O)c4ccccc4O)cn23)cc1C. The molecule has 4 rings (SSSR count). The molecule has 0 aliphatic carbocycles. The molecule has 4 aromatic rings. The van der Waals surface area contributed by atoms with Gasteiger partial charge in [0.25, 0.3) is 6.43 Å². The number of nitrogens with zero attached hydrogens (tertiary/aromatic N) is 3. The molecule has 2 aromatic carbocycles. The summed E-state index contributed by atoms with van der Waals surface area (Å²) in [5.41, 5.74) is 2.85. The van der Waals surface area contributed by atoms with E-state index in [1.807, 2.05) is 25.1 Å². The first-order valence-corrected chi connectivity index (χ1v) is 14.2. The Kier molecular flexibility index (Phi) is 9.49. The number of carbonyl (C=O) groups excluding carboxylic acids is 2. The van der Waals surface area contributed by atoms with Crippen LogP contribution in [0.4, 0.5) is 19.3 Å². The average Bonchev–Trinajstić information content (AvgIpc) is 3.37. The summed E-state index contributed by atoms with van der Waals surface area (Å²) in [5.74, 6) is -0.779. The molecule has 0 fully saturated rings. The lowest BCUT2D eigenvalue weighted by Crippen LogP contribution is -2.40. The standard InChI is InChI=1S/C33H38F2N4O4/c1-7-21(3)36-16-23-13-12-22(14-20(23)2)27-17-37-31-26(39(19-29(34)35)32(42)43-33(4,5)6)15-24(18-38(27)31)30(41)25-10-8-9-11-28(25)40/h8-15,17-18,21,29,36,40H,7,16,19H2,1-6H3. The molecule has 228 valence electrons. The van der Waals surface area contributed by atoms with Gasteiger partial charge in [-0.15, -0.1) is 0 Å². The number of aromatic nitrogens is 2. The number of para-hydroxylation sites is 1. The first-order chi connectivity index (χ1) is 20.3. The molecule has 0 spiro atoms. The van der Waals surface area contributed by atoms with E-state index in [0.717, 1.165) is 28.0 Å². The number of benzene rings is 2. The van der Waals surface area contributed by atoms with Crippen LogP contribution in [0.15, 0.2) is 60.9 Å². The zero-order valence-electron chi connectivity index (χ0n) is 25.3. The molecule has 1 atom stereocenters. The molecule has 8 nitrogen and oxygen atoms in total. The smallest absolute Gasteiger partial charge is 0.415 e. The van der Waals surface area contributed by atoms with Gasteiger partial charge in [0.2, 0.25) is 0 Å². The minimum Gasteiger partial charge on any atom is -0.507 e. The topological polar surface area (TPSA) is 96.2 Å². The predicted octanol–water partition coefficient (Wildman–Crippen LogP) is 7.14. The van der Waals surface area contributed by atoms with Crippen LogP contribution in [0, 0.1) is 6.92 Å². The van der Waals surface area contributed by atoms with Gasteiger partial charge in [-0.25, -0.2) is 18.6 Å². The van der Waals surface area contributed by atoms with Crippen molar-refractivity contribution in [2.75, 3.05) is 11.4 Å². The summed E-state index contributed by atoms with van der Waals surface area (Å²) in [6.07, 6.45) is 0.238. The van der Waals surface area contributed by atoms with E-state index in [9.17, 15) is 23.5 Å². The first-order valence-electron chi connectivity index (χ1n) is 14.2. The number of anilines is 1. The minimum atomic E-state index is -2.89. The largest absolute Gasteiger partial charge is 0.507 e. The number of hydrogen-bond acceptors (Lipinski definition) is 6. The van der Waals surface area contributed by atoms with Crippen LogP contribution >= 0.6 is 0 Å². The van der Waals surface area contributed by atoms with Gasteiger partial charge in [-0.3, -0.25) is 14.1 Å². The van der Waals surface area contributed by atoms with Gasteiger partial charge in [-0.1, -0.05) is 31.2 Å². The average molecular weight is 593 g/mol. The van der Waals surface area contributed by atoms with E-state index in [4.69, 9.17) is 4.74 Å². The van der Waals surface area contributed by atoms with Crippen molar-refractivity contribution in [3.63, 3.8) is 0 Å². The molecule has 43 heavy (non-hydrogen) atoms. The van der Waals surface area contributed by atoms with E-state index in [0.29, 0.717) is 18.3 Å². The maximum absolute atomic E-state index is 13.8. The van der Waals surface area contributed by atoms with Crippen LogP contribution in [-0.4, -0.2) is 51.0 Å². The molecule has 10 heteroatoms. The van der Waals surface area contributed by atoms with E-state index in [1.54, 1.807) is 49.7 Å². The zero-order chi connectivity index (χ0) is 31.5. The van der Waals surface area contributed by atoms with E-state index >= 15 is 0 Å². The lowest BCUT2D eigenvalue weighted by atomic mass is 10.0. The fourth-order valence-corrected chi connectivity index (χ4v) is 4.64. The number of carbonyl (C=O) groups is 2. The molecular weight excluding hydrogens is 554 g/mol. The van der Waals surface area contributed by atoms with Crippen molar-refractivity contribution in [1.29, 1.82) is 0 Å². The summed E-state index contributed by atoms with van der Waals surface area (Å²) in [7, 11) is 0. The Bertz CT molecular complexity index is 1630. The molecule has 2 heterocycles. The second-order valence-electron chi connectivity index (χ2n) is 11.6. The number of ether oxygens (including phenoxy) is 1. The number of phenolic OH excluding ortho intramolecular Hbond substituents is 1. The van der Waals surface area contributed by atoms with Crippen molar-refractivity contribution in [2.45, 2.75) is 72.6 Å². The monoisotopic (exact) mass is 592 g/mol. The van der Waals surface area contributed by atoms with Crippen LogP contribution in [0.3, 0.4) is 0 Å². The summed E-state index contributed by atoms with van der Waals surface area (Å²) in [6, 6.07) is 13.7. The number of hydrogen-bond donors (Lipinski definition) is 2. The Morgan fingerprint density at radius 1 is 1.14 bits per heavy atom. The normalized spacial score (nSPS) is 12.5. The number of imidazole rings is 1. The minimum absolute atomic E-state index is 0.0202. The predicted molar refractivity (Wildman–Crippen MR) is 163 cm³/mol.